The quantitative estimate of drug-likeness (QED) is 0.381. The van der Waals surface area contributed by atoms with Crippen molar-refractivity contribution in [2.24, 2.45) is 0 Å². The van der Waals surface area contributed by atoms with Crippen molar-refractivity contribution < 1.29 is 19.1 Å². The van der Waals surface area contributed by atoms with Crippen LogP contribution in [0, 0.1) is 0 Å². The van der Waals surface area contributed by atoms with Crippen molar-refractivity contribution in [2.75, 3.05) is 25.3 Å². The average Bonchev–Trinajstić information content (AvgIpc) is 3.21. The van der Waals surface area contributed by atoms with Crippen molar-refractivity contribution in [1.82, 2.24) is 20.1 Å². The van der Waals surface area contributed by atoms with E-state index < -0.39 is 0 Å². The topological polar surface area (TPSA) is 107 Å². The number of halogens is 2. The Kier molecular flexibility index (Phi) is 9.03. The highest BCUT2D eigenvalue weighted by Gasteiger charge is 2.16. The zero-order chi connectivity index (χ0) is 24.7. The monoisotopic (exact) mass is 523 g/mol. The average molecular weight is 524 g/mol. The van der Waals surface area contributed by atoms with Gasteiger partial charge in [0.05, 0.1) is 26.5 Å². The summed E-state index contributed by atoms with van der Waals surface area (Å²) in [4.78, 5) is 24.9. The number of carbonyl (C=O) groups excluding carboxylic acids is 2. The van der Waals surface area contributed by atoms with Crippen LogP contribution in [-0.2, 0) is 17.9 Å². The summed E-state index contributed by atoms with van der Waals surface area (Å²) in [6.45, 7) is 2.67. The fourth-order valence-corrected chi connectivity index (χ4v) is 4.41. The van der Waals surface area contributed by atoms with Crippen molar-refractivity contribution in [3.8, 4) is 11.5 Å². The Morgan fingerprint density at radius 1 is 1.03 bits per heavy atom. The molecule has 0 atom stereocenters. The maximum absolute atomic E-state index is 12.6. The molecule has 3 rings (SSSR count). The van der Waals surface area contributed by atoms with Crippen molar-refractivity contribution in [2.45, 2.75) is 25.2 Å². The van der Waals surface area contributed by atoms with E-state index in [0.29, 0.717) is 50.3 Å². The second-order valence-electron chi connectivity index (χ2n) is 6.89. The summed E-state index contributed by atoms with van der Waals surface area (Å²) >= 11 is 13.2. The molecule has 1 heterocycles. The zero-order valence-electron chi connectivity index (χ0n) is 18.7. The molecule has 0 spiro atoms. The summed E-state index contributed by atoms with van der Waals surface area (Å²) in [7, 11) is 3.04. The molecule has 2 aromatic carbocycles. The van der Waals surface area contributed by atoms with Crippen LogP contribution < -0.4 is 20.1 Å². The molecule has 0 aliphatic rings. The molecule has 0 bridgehead atoms. The second-order valence-corrected chi connectivity index (χ2v) is 8.71. The minimum Gasteiger partial charge on any atom is -0.493 e. The van der Waals surface area contributed by atoms with E-state index in [1.807, 2.05) is 11.5 Å². The molecule has 0 saturated heterocycles. The number of thioether (sulfide) groups is 1. The third kappa shape index (κ3) is 6.55. The standard InChI is InChI=1S/C22H23Cl2N5O4S/c1-4-29-19(11-25-21(31)13-5-6-17(32-2)18(7-13)33-3)27-28-22(29)34-12-20(30)26-16-9-14(23)8-15(24)10-16/h5-10H,4,11-12H2,1-3H3,(H,25,31)(H,26,30). The summed E-state index contributed by atoms with van der Waals surface area (Å²) in [6, 6.07) is 9.73. The molecule has 2 N–H and O–H groups in total. The molecule has 0 unspecified atom stereocenters. The van der Waals surface area contributed by atoms with Gasteiger partial charge in [-0.25, -0.2) is 0 Å². The highest BCUT2D eigenvalue weighted by molar-refractivity contribution is 7.99. The van der Waals surface area contributed by atoms with Crippen LogP contribution in [-0.4, -0.2) is 46.6 Å². The van der Waals surface area contributed by atoms with E-state index in [9.17, 15) is 9.59 Å². The Hall–Kier alpha value is -2.95. The predicted molar refractivity (Wildman–Crippen MR) is 132 cm³/mol. The maximum Gasteiger partial charge on any atom is 0.251 e. The fraction of sp³-hybridized carbons (Fsp3) is 0.273. The van der Waals surface area contributed by atoms with E-state index in [2.05, 4.69) is 20.8 Å². The van der Waals surface area contributed by atoms with Gasteiger partial charge in [-0.3, -0.25) is 9.59 Å². The maximum atomic E-state index is 12.6. The van der Waals surface area contributed by atoms with Gasteiger partial charge in [-0.2, -0.15) is 0 Å². The predicted octanol–water partition coefficient (Wildman–Crippen LogP) is 4.28. The van der Waals surface area contributed by atoms with Crippen LogP contribution in [0.4, 0.5) is 5.69 Å². The van der Waals surface area contributed by atoms with E-state index in [-0.39, 0.29) is 24.1 Å². The van der Waals surface area contributed by atoms with Gasteiger partial charge >= 0.3 is 0 Å². The van der Waals surface area contributed by atoms with E-state index in [4.69, 9.17) is 32.7 Å². The van der Waals surface area contributed by atoms with Gasteiger partial charge in [-0.05, 0) is 43.3 Å². The first-order chi connectivity index (χ1) is 16.3. The minimum atomic E-state index is -0.291. The van der Waals surface area contributed by atoms with Gasteiger partial charge in [0.1, 0.15) is 0 Å². The number of hydrogen-bond donors (Lipinski definition) is 2. The van der Waals surface area contributed by atoms with Crippen LogP contribution in [0.1, 0.15) is 23.1 Å². The number of benzene rings is 2. The van der Waals surface area contributed by atoms with Gasteiger partial charge in [0.25, 0.3) is 5.91 Å². The molecule has 34 heavy (non-hydrogen) atoms. The SMILES string of the molecule is CCn1c(CNC(=O)c2ccc(OC)c(OC)c2)nnc1SCC(=O)Nc1cc(Cl)cc(Cl)c1. The lowest BCUT2D eigenvalue weighted by Gasteiger charge is -2.11. The number of amides is 2. The number of methoxy groups -OCH3 is 2. The molecule has 0 saturated carbocycles. The molecule has 0 fully saturated rings. The van der Waals surface area contributed by atoms with Crippen LogP contribution in [0.3, 0.4) is 0 Å². The third-order valence-electron chi connectivity index (χ3n) is 4.64. The minimum absolute atomic E-state index is 0.111. The van der Waals surface area contributed by atoms with E-state index in [1.54, 1.807) is 36.4 Å². The first-order valence-electron chi connectivity index (χ1n) is 10.2. The van der Waals surface area contributed by atoms with Crippen molar-refractivity contribution >= 4 is 52.5 Å². The zero-order valence-corrected chi connectivity index (χ0v) is 21.1. The van der Waals surface area contributed by atoms with Gasteiger partial charge in [0, 0.05) is 27.8 Å². The number of carbonyl (C=O) groups is 2. The first-order valence-corrected chi connectivity index (χ1v) is 11.9. The molecule has 9 nitrogen and oxygen atoms in total. The number of nitrogens with one attached hydrogen (secondary N) is 2. The second kappa shape index (κ2) is 12.0. The molecule has 3 aromatic rings. The molecule has 0 radical (unpaired) electrons. The number of nitrogens with zero attached hydrogens (tertiary/aromatic N) is 3. The summed E-state index contributed by atoms with van der Waals surface area (Å²) < 4.78 is 12.3. The Morgan fingerprint density at radius 3 is 2.38 bits per heavy atom. The number of rotatable bonds is 10. The van der Waals surface area contributed by atoms with Crippen LogP contribution in [0.25, 0.3) is 0 Å². The van der Waals surface area contributed by atoms with Crippen LogP contribution >= 0.6 is 35.0 Å². The van der Waals surface area contributed by atoms with Crippen LogP contribution in [0.2, 0.25) is 10.0 Å². The van der Waals surface area contributed by atoms with Crippen LogP contribution in [0.15, 0.2) is 41.6 Å². The van der Waals surface area contributed by atoms with E-state index in [1.165, 1.54) is 26.0 Å². The van der Waals surface area contributed by atoms with Gasteiger partial charge in [-0.1, -0.05) is 35.0 Å². The number of aromatic nitrogens is 3. The lowest BCUT2D eigenvalue weighted by Crippen LogP contribution is -2.25. The molecule has 2 amide bonds. The summed E-state index contributed by atoms with van der Waals surface area (Å²) in [6.07, 6.45) is 0. The summed E-state index contributed by atoms with van der Waals surface area (Å²) in [5.41, 5.74) is 0.936. The summed E-state index contributed by atoms with van der Waals surface area (Å²) in [5, 5.41) is 15.3. The van der Waals surface area contributed by atoms with Crippen molar-refractivity contribution in [3.05, 3.63) is 57.8 Å². The molecule has 0 aliphatic carbocycles. The van der Waals surface area contributed by atoms with Gasteiger partial charge < -0.3 is 24.7 Å². The fourth-order valence-electron chi connectivity index (χ4n) is 3.07. The smallest absolute Gasteiger partial charge is 0.251 e. The number of ether oxygens (including phenoxy) is 2. The highest BCUT2D eigenvalue weighted by atomic mass is 35.5. The van der Waals surface area contributed by atoms with Crippen molar-refractivity contribution in [3.63, 3.8) is 0 Å². The molecule has 180 valence electrons. The van der Waals surface area contributed by atoms with E-state index in [0.717, 1.165) is 0 Å². The number of anilines is 1. The molecule has 1 aromatic heterocycles. The lowest BCUT2D eigenvalue weighted by atomic mass is 10.2. The molecular weight excluding hydrogens is 501 g/mol. The third-order valence-corrected chi connectivity index (χ3v) is 6.04. The van der Waals surface area contributed by atoms with Crippen LogP contribution in [0.5, 0.6) is 11.5 Å². The largest absolute Gasteiger partial charge is 0.493 e. The van der Waals surface area contributed by atoms with E-state index >= 15 is 0 Å². The molecule has 0 aliphatic heterocycles. The Labute approximate surface area is 211 Å². The Balaban J connectivity index is 1.59. The highest BCUT2D eigenvalue weighted by Crippen LogP contribution is 2.27. The normalized spacial score (nSPS) is 10.6. The Morgan fingerprint density at radius 2 is 1.74 bits per heavy atom. The van der Waals surface area contributed by atoms with Gasteiger partial charge in [0.2, 0.25) is 5.91 Å². The number of hydrogen-bond acceptors (Lipinski definition) is 7. The van der Waals surface area contributed by atoms with Gasteiger partial charge in [-0.15, -0.1) is 10.2 Å². The Bertz CT molecular complexity index is 1170. The van der Waals surface area contributed by atoms with Crippen molar-refractivity contribution in [1.29, 1.82) is 0 Å². The molecule has 12 heteroatoms. The summed E-state index contributed by atoms with van der Waals surface area (Å²) in [5.74, 6) is 1.15. The molecular formula is C22H23Cl2N5O4S. The first kappa shape index (κ1) is 25.7. The van der Waals surface area contributed by atoms with Gasteiger partial charge in [0.15, 0.2) is 22.5 Å². The lowest BCUT2D eigenvalue weighted by molar-refractivity contribution is -0.113.